The third-order valence-electron chi connectivity index (χ3n) is 4.05. The van der Waals surface area contributed by atoms with Crippen molar-refractivity contribution in [2.24, 2.45) is 0 Å². The van der Waals surface area contributed by atoms with Gasteiger partial charge in [-0.15, -0.1) is 0 Å². The number of aromatic nitrogens is 2. The van der Waals surface area contributed by atoms with Gasteiger partial charge in [0.2, 0.25) is 0 Å². The Labute approximate surface area is 169 Å². The highest BCUT2D eigenvalue weighted by atomic mass is 19.4. The minimum atomic E-state index is -4.56. The topological polar surface area (TPSA) is 85.2 Å². The highest BCUT2D eigenvalue weighted by Crippen LogP contribution is 2.31. The van der Waals surface area contributed by atoms with E-state index in [9.17, 15) is 22.8 Å². The van der Waals surface area contributed by atoms with E-state index in [1.54, 1.807) is 12.1 Å². The number of aryl methyl sites for hydroxylation is 1. The van der Waals surface area contributed by atoms with Gasteiger partial charge in [-0.3, -0.25) is 10.1 Å². The lowest BCUT2D eigenvalue weighted by Gasteiger charge is -2.11. The molecule has 0 aliphatic rings. The first-order chi connectivity index (χ1) is 14.2. The van der Waals surface area contributed by atoms with E-state index in [0.29, 0.717) is 5.75 Å². The molecular weight excluding hydrogens is 401 g/mol. The molecule has 0 fully saturated rings. The lowest BCUT2D eigenvalue weighted by molar-refractivity contribution is -0.142. The summed E-state index contributed by atoms with van der Waals surface area (Å²) in [5.74, 6) is -0.171. The Morgan fingerprint density at radius 3 is 2.40 bits per heavy atom. The Bertz CT molecular complexity index is 1080. The number of ether oxygens (including phenoxy) is 1. The average molecular weight is 418 g/mol. The number of benzene rings is 2. The molecule has 0 saturated carbocycles. The molecule has 0 unspecified atom stereocenters. The second-order valence-corrected chi connectivity index (χ2v) is 6.27. The second-order valence-electron chi connectivity index (χ2n) is 6.27. The number of hydrogen-bond donors (Lipinski definition) is 2. The number of carbonyl (C=O) groups is 2. The first-order valence-corrected chi connectivity index (χ1v) is 8.68. The summed E-state index contributed by atoms with van der Waals surface area (Å²) in [6.07, 6.45) is -4.56. The van der Waals surface area contributed by atoms with Crippen LogP contribution in [0.3, 0.4) is 0 Å². The quantitative estimate of drug-likeness (QED) is 0.666. The summed E-state index contributed by atoms with van der Waals surface area (Å²) in [5.41, 5.74) is 0.0110. The molecule has 2 N–H and O–H groups in total. The highest BCUT2D eigenvalue weighted by Gasteiger charge is 2.35. The van der Waals surface area contributed by atoms with E-state index in [1.165, 1.54) is 50.4 Å². The Morgan fingerprint density at radius 2 is 1.77 bits per heavy atom. The van der Waals surface area contributed by atoms with Crippen molar-refractivity contribution in [3.05, 3.63) is 71.5 Å². The predicted molar refractivity (Wildman–Crippen MR) is 103 cm³/mol. The molecule has 3 aromatic rings. The number of alkyl halides is 3. The number of rotatable bonds is 4. The van der Waals surface area contributed by atoms with Gasteiger partial charge in [0.15, 0.2) is 0 Å². The number of amides is 3. The van der Waals surface area contributed by atoms with Crippen LogP contribution in [-0.4, -0.2) is 28.8 Å². The van der Waals surface area contributed by atoms with Crippen LogP contribution >= 0.6 is 0 Å². The number of imide groups is 1. The summed E-state index contributed by atoms with van der Waals surface area (Å²) in [6.45, 7) is 1.46. The zero-order valence-corrected chi connectivity index (χ0v) is 15.9. The molecule has 3 amide bonds. The van der Waals surface area contributed by atoms with Gasteiger partial charge >= 0.3 is 12.2 Å². The summed E-state index contributed by atoms with van der Waals surface area (Å²) >= 11 is 0. The van der Waals surface area contributed by atoms with Crippen LogP contribution in [0.2, 0.25) is 0 Å². The van der Waals surface area contributed by atoms with Gasteiger partial charge < -0.3 is 10.1 Å². The Balaban J connectivity index is 1.69. The fourth-order valence-corrected chi connectivity index (χ4v) is 2.69. The van der Waals surface area contributed by atoms with Crippen molar-refractivity contribution >= 4 is 17.6 Å². The predicted octanol–water partition coefficient (Wildman–Crippen LogP) is 4.17. The smallest absolute Gasteiger partial charge is 0.433 e. The van der Waals surface area contributed by atoms with Gasteiger partial charge in [0.05, 0.1) is 18.5 Å². The number of hydrogen-bond acceptors (Lipinski definition) is 4. The molecule has 1 aromatic heterocycles. The standard InChI is InChI=1S/C20H17F3N4O3/c1-12-10-17(20(21,22)23)27(26-12)15-8-6-14(7-9-15)24-19(29)25-18(28)13-4-3-5-16(11-13)30-2/h3-11H,1-2H3,(H2,24,25,28,29). The lowest BCUT2D eigenvalue weighted by Crippen LogP contribution is -2.34. The van der Waals surface area contributed by atoms with Crippen LogP contribution in [-0.2, 0) is 6.18 Å². The minimum absolute atomic E-state index is 0.175. The average Bonchev–Trinajstić information content (AvgIpc) is 3.11. The van der Waals surface area contributed by atoms with Crippen molar-refractivity contribution in [1.29, 1.82) is 0 Å². The van der Waals surface area contributed by atoms with Crippen molar-refractivity contribution in [2.75, 3.05) is 12.4 Å². The molecule has 10 heteroatoms. The number of nitrogens with zero attached hydrogens (tertiary/aromatic N) is 2. The monoisotopic (exact) mass is 418 g/mol. The van der Waals surface area contributed by atoms with Crippen LogP contribution in [0, 0.1) is 6.92 Å². The van der Waals surface area contributed by atoms with E-state index in [4.69, 9.17) is 4.74 Å². The number of halogens is 3. The van der Waals surface area contributed by atoms with Gasteiger partial charge in [-0.2, -0.15) is 18.3 Å². The van der Waals surface area contributed by atoms with Crippen molar-refractivity contribution in [1.82, 2.24) is 15.1 Å². The molecule has 1 heterocycles. The van der Waals surface area contributed by atoms with Crippen molar-refractivity contribution in [3.8, 4) is 11.4 Å². The zero-order chi connectivity index (χ0) is 21.9. The number of urea groups is 1. The first-order valence-electron chi connectivity index (χ1n) is 8.68. The van der Waals surface area contributed by atoms with E-state index < -0.39 is 23.8 Å². The normalized spacial score (nSPS) is 11.1. The molecule has 0 saturated heterocycles. The number of methoxy groups -OCH3 is 1. The van der Waals surface area contributed by atoms with Gasteiger partial charge in [-0.05, 0) is 55.5 Å². The Morgan fingerprint density at radius 1 is 1.07 bits per heavy atom. The van der Waals surface area contributed by atoms with Gasteiger partial charge in [0, 0.05) is 11.3 Å². The van der Waals surface area contributed by atoms with Crippen molar-refractivity contribution in [2.45, 2.75) is 13.1 Å². The summed E-state index contributed by atoms with van der Waals surface area (Å²) in [7, 11) is 1.45. The SMILES string of the molecule is COc1cccc(C(=O)NC(=O)Nc2ccc(-n3nc(C)cc3C(F)(F)F)cc2)c1. The van der Waals surface area contributed by atoms with Gasteiger partial charge in [0.1, 0.15) is 11.4 Å². The molecule has 0 aliphatic carbocycles. The maximum absolute atomic E-state index is 13.1. The lowest BCUT2D eigenvalue weighted by atomic mass is 10.2. The van der Waals surface area contributed by atoms with Gasteiger partial charge in [-0.1, -0.05) is 6.07 Å². The van der Waals surface area contributed by atoms with E-state index in [0.717, 1.165) is 10.7 Å². The molecule has 0 aliphatic heterocycles. The van der Waals surface area contributed by atoms with Crippen molar-refractivity contribution in [3.63, 3.8) is 0 Å². The van der Waals surface area contributed by atoms with Crippen LogP contribution < -0.4 is 15.4 Å². The molecule has 0 spiro atoms. The maximum Gasteiger partial charge on any atom is 0.433 e. The number of anilines is 1. The van der Waals surface area contributed by atoms with Crippen molar-refractivity contribution < 1.29 is 27.5 Å². The van der Waals surface area contributed by atoms with E-state index in [2.05, 4.69) is 15.7 Å². The van der Waals surface area contributed by atoms with Crippen LogP contribution in [0.5, 0.6) is 5.75 Å². The Kier molecular flexibility index (Phi) is 5.77. The fourth-order valence-electron chi connectivity index (χ4n) is 2.69. The molecule has 2 aromatic carbocycles. The first kappa shape index (κ1) is 20.9. The summed E-state index contributed by atoms with van der Waals surface area (Å²) in [4.78, 5) is 24.2. The van der Waals surface area contributed by atoms with E-state index in [1.807, 2.05) is 0 Å². The third-order valence-corrected chi connectivity index (χ3v) is 4.05. The highest BCUT2D eigenvalue weighted by molar-refractivity contribution is 6.08. The van der Waals surface area contributed by atoms with E-state index in [-0.39, 0.29) is 22.6 Å². The van der Waals surface area contributed by atoms with Crippen LogP contribution in [0.15, 0.2) is 54.6 Å². The van der Waals surface area contributed by atoms with Gasteiger partial charge in [-0.25, -0.2) is 9.48 Å². The van der Waals surface area contributed by atoms with Crippen LogP contribution in [0.25, 0.3) is 5.69 Å². The summed E-state index contributed by atoms with van der Waals surface area (Å²) in [6, 6.07) is 12.0. The van der Waals surface area contributed by atoms with Gasteiger partial charge in [0.25, 0.3) is 5.91 Å². The molecular formula is C20H17F3N4O3. The van der Waals surface area contributed by atoms with Crippen LogP contribution in [0.1, 0.15) is 21.7 Å². The fraction of sp³-hybridized carbons (Fsp3) is 0.150. The number of carbonyl (C=O) groups excluding carboxylic acids is 2. The zero-order valence-electron chi connectivity index (χ0n) is 15.9. The Hall–Kier alpha value is -3.82. The number of nitrogens with one attached hydrogen (secondary N) is 2. The van der Waals surface area contributed by atoms with E-state index >= 15 is 0 Å². The third kappa shape index (κ3) is 4.77. The molecule has 156 valence electrons. The molecule has 0 atom stereocenters. The molecule has 0 radical (unpaired) electrons. The molecule has 30 heavy (non-hydrogen) atoms. The minimum Gasteiger partial charge on any atom is -0.497 e. The maximum atomic E-state index is 13.1. The second kappa shape index (κ2) is 8.27. The van der Waals surface area contributed by atoms with Crippen LogP contribution in [0.4, 0.5) is 23.7 Å². The molecule has 0 bridgehead atoms. The largest absolute Gasteiger partial charge is 0.497 e. The summed E-state index contributed by atoms with van der Waals surface area (Å²) in [5, 5.41) is 8.48. The summed E-state index contributed by atoms with van der Waals surface area (Å²) < 4.78 is 45.2. The molecule has 3 rings (SSSR count). The molecule has 7 nitrogen and oxygen atoms in total.